The number of anilines is 2. The Kier molecular flexibility index (Phi) is 4.55. The Labute approximate surface area is 230 Å². The fraction of sp³-hybridized carbons (Fsp3) is 0.118. The van der Waals surface area contributed by atoms with Crippen molar-refractivity contribution in [3.8, 4) is 0 Å². The number of benzene rings is 4. The molecule has 40 heavy (non-hydrogen) atoms. The molecule has 192 valence electrons. The number of imide groups is 2. The summed E-state index contributed by atoms with van der Waals surface area (Å²) in [6.07, 6.45) is 1.76. The van der Waals surface area contributed by atoms with Crippen molar-refractivity contribution in [2.24, 2.45) is 11.3 Å². The minimum Gasteiger partial charge on any atom is -0.273 e. The van der Waals surface area contributed by atoms with E-state index in [0.717, 1.165) is 22.3 Å². The molecule has 0 aromatic heterocycles. The Hall–Kier alpha value is -5.10. The Balaban J connectivity index is 1.47. The van der Waals surface area contributed by atoms with E-state index >= 15 is 4.79 Å². The predicted octanol–water partition coefficient (Wildman–Crippen LogP) is 5.06. The van der Waals surface area contributed by atoms with Gasteiger partial charge in [-0.1, -0.05) is 84.9 Å². The van der Waals surface area contributed by atoms with Crippen molar-refractivity contribution >= 4 is 41.1 Å². The molecule has 4 aliphatic rings. The van der Waals surface area contributed by atoms with Gasteiger partial charge in [0.1, 0.15) is 0 Å². The van der Waals surface area contributed by atoms with E-state index in [1.165, 1.54) is 9.80 Å². The molecule has 1 spiro atoms. The van der Waals surface area contributed by atoms with Gasteiger partial charge in [-0.15, -0.1) is 0 Å². The number of amides is 4. The third kappa shape index (κ3) is 2.63. The van der Waals surface area contributed by atoms with Gasteiger partial charge in [-0.3, -0.25) is 19.2 Å². The molecule has 0 saturated carbocycles. The van der Waals surface area contributed by atoms with Gasteiger partial charge < -0.3 is 0 Å². The second-order valence-corrected chi connectivity index (χ2v) is 10.7. The van der Waals surface area contributed by atoms with Crippen LogP contribution in [0, 0.1) is 11.3 Å². The Morgan fingerprint density at radius 2 is 1.00 bits per heavy atom. The van der Waals surface area contributed by atoms with Crippen LogP contribution >= 0.6 is 0 Å². The fourth-order valence-electron chi connectivity index (χ4n) is 7.54. The lowest BCUT2D eigenvalue weighted by atomic mass is 9.60. The summed E-state index contributed by atoms with van der Waals surface area (Å²) in [5.41, 5.74) is 2.80. The normalized spacial score (nSPS) is 26.1. The highest BCUT2D eigenvalue weighted by atomic mass is 16.2. The number of carbonyl (C=O) groups excluding carboxylic acids is 4. The second kappa shape index (κ2) is 7.96. The van der Waals surface area contributed by atoms with Gasteiger partial charge >= 0.3 is 0 Å². The molecule has 0 bridgehead atoms. The van der Waals surface area contributed by atoms with Gasteiger partial charge in [0.15, 0.2) is 0 Å². The van der Waals surface area contributed by atoms with Crippen molar-refractivity contribution in [1.82, 2.24) is 0 Å². The maximum atomic E-state index is 15.0. The molecule has 4 amide bonds. The molecule has 2 aliphatic heterocycles. The fourth-order valence-corrected chi connectivity index (χ4v) is 7.54. The molecule has 8 rings (SSSR count). The van der Waals surface area contributed by atoms with Crippen LogP contribution in [0.3, 0.4) is 0 Å². The maximum Gasteiger partial charge on any atom is 0.261 e. The number of nitrogens with zero attached hydrogens (tertiary/aromatic N) is 2. The SMILES string of the molecule is O=C1C2=Cc3ccccc3[C@@H]3c4ccccc4[C@H]4C(=O)N(c5ccccc5)C(=O)[C@@]34C2C(=O)N1c1ccccc1. The van der Waals surface area contributed by atoms with Crippen molar-refractivity contribution in [1.29, 1.82) is 0 Å². The van der Waals surface area contributed by atoms with E-state index in [9.17, 15) is 14.4 Å². The Morgan fingerprint density at radius 1 is 0.500 bits per heavy atom. The number of carbonyl (C=O) groups is 4. The van der Waals surface area contributed by atoms with Crippen LogP contribution in [-0.4, -0.2) is 23.6 Å². The van der Waals surface area contributed by atoms with Gasteiger partial charge in [-0.25, -0.2) is 9.80 Å². The van der Waals surface area contributed by atoms with Crippen molar-refractivity contribution in [2.45, 2.75) is 11.8 Å². The van der Waals surface area contributed by atoms with Crippen LogP contribution in [0.4, 0.5) is 11.4 Å². The van der Waals surface area contributed by atoms with Crippen molar-refractivity contribution in [3.05, 3.63) is 137 Å². The van der Waals surface area contributed by atoms with E-state index < -0.39 is 40.9 Å². The van der Waals surface area contributed by atoms with E-state index in [1.807, 2.05) is 60.7 Å². The molecule has 2 aliphatic carbocycles. The molecule has 6 nitrogen and oxygen atoms in total. The zero-order chi connectivity index (χ0) is 27.2. The number of hydrogen-bond acceptors (Lipinski definition) is 4. The summed E-state index contributed by atoms with van der Waals surface area (Å²) in [5.74, 6) is -4.41. The molecule has 1 unspecified atom stereocenters. The van der Waals surface area contributed by atoms with E-state index in [-0.39, 0.29) is 11.5 Å². The maximum absolute atomic E-state index is 15.0. The summed E-state index contributed by atoms with van der Waals surface area (Å²) in [5, 5.41) is 0. The average Bonchev–Trinajstić information content (AvgIpc) is 3.46. The highest BCUT2D eigenvalue weighted by Crippen LogP contribution is 2.69. The third-order valence-electron chi connectivity index (χ3n) is 8.97. The first-order chi connectivity index (χ1) is 19.5. The van der Waals surface area contributed by atoms with E-state index in [1.54, 1.807) is 54.6 Å². The monoisotopic (exact) mass is 522 g/mol. The molecule has 4 aromatic rings. The zero-order valence-electron chi connectivity index (χ0n) is 21.2. The lowest BCUT2D eigenvalue weighted by molar-refractivity contribution is -0.135. The average molecular weight is 523 g/mol. The zero-order valence-corrected chi connectivity index (χ0v) is 21.2. The molecule has 2 fully saturated rings. The van der Waals surface area contributed by atoms with Crippen molar-refractivity contribution in [2.75, 3.05) is 9.80 Å². The Morgan fingerprint density at radius 3 is 1.65 bits per heavy atom. The highest BCUT2D eigenvalue weighted by Gasteiger charge is 2.75. The van der Waals surface area contributed by atoms with Crippen LogP contribution < -0.4 is 9.80 Å². The molecule has 0 N–H and O–H groups in total. The van der Waals surface area contributed by atoms with E-state index in [2.05, 4.69) is 0 Å². The lowest BCUT2D eigenvalue weighted by Crippen LogP contribution is -2.48. The highest BCUT2D eigenvalue weighted by molar-refractivity contribution is 6.35. The second-order valence-electron chi connectivity index (χ2n) is 10.7. The smallest absolute Gasteiger partial charge is 0.261 e. The molecular weight excluding hydrogens is 500 g/mol. The first-order valence-corrected chi connectivity index (χ1v) is 13.3. The van der Waals surface area contributed by atoms with E-state index in [4.69, 9.17) is 0 Å². The third-order valence-corrected chi connectivity index (χ3v) is 8.97. The quantitative estimate of drug-likeness (QED) is 0.345. The summed E-state index contributed by atoms with van der Waals surface area (Å²) in [6.45, 7) is 0. The summed E-state index contributed by atoms with van der Waals surface area (Å²) < 4.78 is 0. The molecule has 6 heteroatoms. The first-order valence-electron chi connectivity index (χ1n) is 13.3. The van der Waals surface area contributed by atoms with Crippen molar-refractivity contribution in [3.63, 3.8) is 0 Å². The molecule has 0 radical (unpaired) electrons. The molecule has 4 aromatic carbocycles. The van der Waals surface area contributed by atoms with Crippen LogP contribution in [0.15, 0.2) is 115 Å². The summed E-state index contributed by atoms with van der Waals surface area (Å²) >= 11 is 0. The number of fused-ring (bicyclic) bond motifs is 6. The minimum atomic E-state index is -1.54. The minimum absolute atomic E-state index is 0.248. The van der Waals surface area contributed by atoms with Crippen LogP contribution in [0.25, 0.3) is 6.08 Å². The van der Waals surface area contributed by atoms with Gasteiger partial charge in [0.25, 0.3) is 5.91 Å². The topological polar surface area (TPSA) is 74.8 Å². The molecule has 2 heterocycles. The first kappa shape index (κ1) is 22.8. The predicted molar refractivity (Wildman–Crippen MR) is 149 cm³/mol. The number of para-hydroxylation sites is 2. The summed E-state index contributed by atoms with van der Waals surface area (Å²) in [6, 6.07) is 32.9. The number of hydrogen-bond donors (Lipinski definition) is 0. The Bertz CT molecular complexity index is 1810. The van der Waals surface area contributed by atoms with Gasteiger partial charge in [-0.05, 0) is 52.6 Å². The van der Waals surface area contributed by atoms with Gasteiger partial charge in [0.05, 0.1) is 28.6 Å². The van der Waals surface area contributed by atoms with Gasteiger partial charge in [-0.2, -0.15) is 0 Å². The van der Waals surface area contributed by atoms with Crippen molar-refractivity contribution < 1.29 is 19.2 Å². The summed E-state index contributed by atoms with van der Waals surface area (Å²) in [7, 11) is 0. The van der Waals surface area contributed by atoms with Crippen LogP contribution in [0.1, 0.15) is 34.1 Å². The van der Waals surface area contributed by atoms with E-state index in [0.29, 0.717) is 11.4 Å². The largest absolute Gasteiger partial charge is 0.273 e. The lowest BCUT2D eigenvalue weighted by Gasteiger charge is -2.37. The van der Waals surface area contributed by atoms with Gasteiger partial charge in [0, 0.05) is 11.5 Å². The van der Waals surface area contributed by atoms with Crippen LogP contribution in [0.5, 0.6) is 0 Å². The summed E-state index contributed by atoms with van der Waals surface area (Å²) in [4.78, 5) is 60.6. The van der Waals surface area contributed by atoms with Gasteiger partial charge in [0.2, 0.25) is 17.7 Å². The molecular formula is C34H22N2O4. The molecule has 4 atom stereocenters. The standard InChI is InChI=1S/C34H22N2O4/c37-30-26-19-20-11-7-8-16-23(20)27-24-17-9-10-18-25(24)28-32(39)36(22-14-5-2-6-15-22)33(40)34(27,28)29(26)31(38)35(30)21-12-3-1-4-13-21/h1-19,27-29H/t27-,28+,29?,34+/m1/s1. The van der Waals surface area contributed by atoms with Crippen LogP contribution in [0.2, 0.25) is 0 Å². The van der Waals surface area contributed by atoms with Crippen LogP contribution in [-0.2, 0) is 19.2 Å². The molecule has 2 saturated heterocycles. The number of rotatable bonds is 2.